The summed E-state index contributed by atoms with van der Waals surface area (Å²) in [7, 11) is 0. The summed E-state index contributed by atoms with van der Waals surface area (Å²) in [4.78, 5) is 2.75. The van der Waals surface area contributed by atoms with E-state index in [1.807, 2.05) is 0 Å². The van der Waals surface area contributed by atoms with Gasteiger partial charge in [-0.15, -0.1) is 0 Å². The number of nitrogens with zero attached hydrogens (tertiary/aromatic N) is 1. The van der Waals surface area contributed by atoms with Gasteiger partial charge in [0.1, 0.15) is 0 Å². The minimum Gasteiger partial charge on any atom is -0.377 e. The molecule has 3 fully saturated rings. The van der Waals surface area contributed by atoms with Crippen LogP contribution in [0.5, 0.6) is 0 Å². The smallest absolute Gasteiger partial charge is 0.0703 e. The highest BCUT2D eigenvalue weighted by Crippen LogP contribution is 2.33. The van der Waals surface area contributed by atoms with Crippen LogP contribution in [0.4, 0.5) is 0 Å². The van der Waals surface area contributed by atoms with Crippen molar-refractivity contribution in [2.45, 2.75) is 63.3 Å². The highest BCUT2D eigenvalue weighted by molar-refractivity contribution is 4.95. The first-order valence-corrected chi connectivity index (χ1v) is 6.95. The molecule has 3 rings (SSSR count). The van der Waals surface area contributed by atoms with Gasteiger partial charge >= 0.3 is 0 Å². The van der Waals surface area contributed by atoms with E-state index in [0.717, 1.165) is 18.7 Å². The maximum atomic E-state index is 5.73. The predicted molar refractivity (Wildman–Crippen MR) is 64.6 cm³/mol. The van der Waals surface area contributed by atoms with E-state index in [1.165, 1.54) is 45.2 Å². The molecule has 2 aliphatic heterocycles. The van der Waals surface area contributed by atoms with Crippen LogP contribution in [0.3, 0.4) is 0 Å². The highest BCUT2D eigenvalue weighted by Gasteiger charge is 2.39. The van der Waals surface area contributed by atoms with Gasteiger partial charge in [-0.3, -0.25) is 4.90 Å². The van der Waals surface area contributed by atoms with Crippen LogP contribution in [0, 0.1) is 0 Å². The van der Waals surface area contributed by atoms with Gasteiger partial charge in [0.25, 0.3) is 0 Å². The zero-order valence-corrected chi connectivity index (χ0v) is 10.3. The molecule has 0 bridgehead atoms. The maximum Gasteiger partial charge on any atom is 0.0703 e. The molecule has 0 radical (unpaired) electrons. The van der Waals surface area contributed by atoms with Crippen molar-refractivity contribution in [3.8, 4) is 0 Å². The Hall–Kier alpha value is -0.120. The molecular weight excluding hydrogens is 200 g/mol. The van der Waals surface area contributed by atoms with E-state index >= 15 is 0 Å². The van der Waals surface area contributed by atoms with Crippen LogP contribution in [0.15, 0.2) is 0 Å². The Balaban J connectivity index is 1.61. The highest BCUT2D eigenvalue weighted by atomic mass is 16.5. The molecule has 0 spiro atoms. The van der Waals surface area contributed by atoms with Crippen LogP contribution in [-0.4, -0.2) is 48.8 Å². The minimum absolute atomic E-state index is 0.446. The molecule has 3 aliphatic rings. The summed E-state index contributed by atoms with van der Waals surface area (Å²) in [6, 6.07) is 2.31. The van der Waals surface area contributed by atoms with Crippen molar-refractivity contribution in [1.82, 2.24) is 10.2 Å². The van der Waals surface area contributed by atoms with Crippen LogP contribution >= 0.6 is 0 Å². The number of ether oxygens (including phenoxy) is 1. The Morgan fingerprint density at radius 1 is 1.25 bits per heavy atom. The third-order valence-electron chi connectivity index (χ3n) is 4.37. The van der Waals surface area contributed by atoms with E-state index in [4.69, 9.17) is 4.74 Å². The molecule has 16 heavy (non-hydrogen) atoms. The summed E-state index contributed by atoms with van der Waals surface area (Å²) >= 11 is 0. The SMILES string of the molecule is CC1OCCC1N(CC1CCCN1)C1CC1. The normalized spacial score (nSPS) is 39.8. The van der Waals surface area contributed by atoms with Crippen molar-refractivity contribution >= 4 is 0 Å². The molecule has 3 nitrogen and oxygen atoms in total. The first-order valence-electron chi connectivity index (χ1n) is 6.95. The van der Waals surface area contributed by atoms with Crippen LogP contribution in [-0.2, 0) is 4.74 Å². The molecule has 0 aromatic carbocycles. The van der Waals surface area contributed by atoms with Gasteiger partial charge < -0.3 is 10.1 Å². The molecule has 2 saturated heterocycles. The molecule has 0 amide bonds. The van der Waals surface area contributed by atoms with Gasteiger partial charge in [0, 0.05) is 31.3 Å². The van der Waals surface area contributed by atoms with Gasteiger partial charge in [0.05, 0.1) is 6.10 Å². The molecule has 1 saturated carbocycles. The van der Waals surface area contributed by atoms with E-state index < -0.39 is 0 Å². The lowest BCUT2D eigenvalue weighted by atomic mass is 10.1. The van der Waals surface area contributed by atoms with Gasteiger partial charge in [-0.2, -0.15) is 0 Å². The minimum atomic E-state index is 0.446. The van der Waals surface area contributed by atoms with Gasteiger partial charge in [0.15, 0.2) is 0 Å². The van der Waals surface area contributed by atoms with Crippen LogP contribution in [0.25, 0.3) is 0 Å². The Kier molecular flexibility index (Phi) is 3.18. The summed E-state index contributed by atoms with van der Waals surface area (Å²) in [6.45, 7) is 5.69. The second kappa shape index (κ2) is 4.63. The number of rotatable bonds is 4. The largest absolute Gasteiger partial charge is 0.377 e. The average molecular weight is 224 g/mol. The van der Waals surface area contributed by atoms with E-state index in [2.05, 4.69) is 17.1 Å². The maximum absolute atomic E-state index is 5.73. The summed E-state index contributed by atoms with van der Waals surface area (Å²) in [5, 5.41) is 3.63. The predicted octanol–water partition coefficient (Wildman–Crippen LogP) is 1.38. The summed E-state index contributed by atoms with van der Waals surface area (Å²) in [5.74, 6) is 0. The van der Waals surface area contributed by atoms with Crippen molar-refractivity contribution < 1.29 is 4.74 Å². The Labute approximate surface area is 98.5 Å². The summed E-state index contributed by atoms with van der Waals surface area (Å²) < 4.78 is 5.73. The Morgan fingerprint density at radius 2 is 2.12 bits per heavy atom. The molecule has 0 aromatic heterocycles. The Bertz CT molecular complexity index is 236. The Morgan fingerprint density at radius 3 is 2.69 bits per heavy atom. The topological polar surface area (TPSA) is 24.5 Å². The monoisotopic (exact) mass is 224 g/mol. The fourth-order valence-electron chi connectivity index (χ4n) is 3.28. The van der Waals surface area contributed by atoms with Crippen molar-refractivity contribution in [2.24, 2.45) is 0 Å². The first-order chi connectivity index (χ1) is 7.84. The van der Waals surface area contributed by atoms with Crippen molar-refractivity contribution in [3.63, 3.8) is 0 Å². The van der Waals surface area contributed by atoms with Crippen molar-refractivity contribution in [1.29, 1.82) is 0 Å². The molecule has 92 valence electrons. The average Bonchev–Trinajstić information content (AvgIpc) is 2.82. The van der Waals surface area contributed by atoms with Gasteiger partial charge in [-0.25, -0.2) is 0 Å². The molecule has 1 N–H and O–H groups in total. The fourth-order valence-corrected chi connectivity index (χ4v) is 3.28. The zero-order chi connectivity index (χ0) is 11.0. The van der Waals surface area contributed by atoms with Crippen LogP contribution in [0.1, 0.15) is 39.0 Å². The van der Waals surface area contributed by atoms with E-state index in [0.29, 0.717) is 12.1 Å². The standard InChI is InChI=1S/C13H24N2O/c1-10-13(6-8-16-10)15(12-4-5-12)9-11-3-2-7-14-11/h10-14H,2-9H2,1H3. The van der Waals surface area contributed by atoms with E-state index in [1.54, 1.807) is 0 Å². The lowest BCUT2D eigenvalue weighted by molar-refractivity contribution is 0.0667. The number of nitrogens with one attached hydrogen (secondary N) is 1. The lowest BCUT2D eigenvalue weighted by Crippen LogP contribution is -2.47. The zero-order valence-electron chi connectivity index (χ0n) is 10.3. The van der Waals surface area contributed by atoms with Crippen molar-refractivity contribution in [2.75, 3.05) is 19.7 Å². The van der Waals surface area contributed by atoms with Gasteiger partial charge in [-0.1, -0.05) is 0 Å². The summed E-state index contributed by atoms with van der Waals surface area (Å²) in [6.07, 6.45) is 7.24. The third-order valence-corrected chi connectivity index (χ3v) is 4.37. The van der Waals surface area contributed by atoms with Gasteiger partial charge in [0.2, 0.25) is 0 Å². The first kappa shape index (κ1) is 11.0. The molecule has 0 aromatic rings. The van der Waals surface area contributed by atoms with E-state index in [-0.39, 0.29) is 0 Å². The van der Waals surface area contributed by atoms with Crippen molar-refractivity contribution in [3.05, 3.63) is 0 Å². The van der Waals surface area contributed by atoms with E-state index in [9.17, 15) is 0 Å². The van der Waals surface area contributed by atoms with Gasteiger partial charge in [-0.05, 0) is 45.6 Å². The fraction of sp³-hybridized carbons (Fsp3) is 1.00. The molecule has 1 aliphatic carbocycles. The van der Waals surface area contributed by atoms with Crippen LogP contribution < -0.4 is 5.32 Å². The number of hydrogen-bond donors (Lipinski definition) is 1. The molecule has 3 atom stereocenters. The quantitative estimate of drug-likeness (QED) is 0.781. The lowest BCUT2D eigenvalue weighted by Gasteiger charge is -2.33. The molecular formula is C13H24N2O. The third kappa shape index (κ3) is 2.27. The molecule has 2 heterocycles. The number of hydrogen-bond acceptors (Lipinski definition) is 3. The molecule has 3 unspecified atom stereocenters. The second-order valence-electron chi connectivity index (χ2n) is 5.65. The summed E-state index contributed by atoms with van der Waals surface area (Å²) in [5.41, 5.74) is 0. The second-order valence-corrected chi connectivity index (χ2v) is 5.65. The van der Waals surface area contributed by atoms with Crippen LogP contribution in [0.2, 0.25) is 0 Å². The molecule has 3 heteroatoms.